The van der Waals surface area contributed by atoms with Crippen LogP contribution in [0.4, 0.5) is 8.78 Å². The lowest BCUT2D eigenvalue weighted by atomic mass is 10.1. The van der Waals surface area contributed by atoms with E-state index in [0.29, 0.717) is 18.4 Å². The molecule has 1 aliphatic rings. The fourth-order valence-electron chi connectivity index (χ4n) is 1.75. The van der Waals surface area contributed by atoms with E-state index in [1.165, 1.54) is 0 Å². The monoisotopic (exact) mass is 179 g/mol. The lowest BCUT2D eigenvalue weighted by Crippen LogP contribution is -2.13. The number of hydrogen-bond acceptors (Lipinski definition) is 2. The summed E-state index contributed by atoms with van der Waals surface area (Å²) in [5.41, 5.74) is 5.46. The molecule has 0 saturated heterocycles. The van der Waals surface area contributed by atoms with Crippen molar-refractivity contribution in [1.29, 1.82) is 0 Å². The van der Waals surface area contributed by atoms with Gasteiger partial charge in [-0.15, -0.1) is 0 Å². The zero-order chi connectivity index (χ0) is 8.97. The van der Waals surface area contributed by atoms with Crippen molar-refractivity contribution in [1.82, 2.24) is 0 Å². The Morgan fingerprint density at radius 3 is 2.50 bits per heavy atom. The average molecular weight is 179 g/mol. The van der Waals surface area contributed by atoms with Gasteiger partial charge in [0.25, 0.3) is 0 Å². The van der Waals surface area contributed by atoms with E-state index < -0.39 is 6.61 Å². The van der Waals surface area contributed by atoms with Gasteiger partial charge < -0.3 is 10.5 Å². The van der Waals surface area contributed by atoms with Crippen molar-refractivity contribution in [3.05, 3.63) is 0 Å². The van der Waals surface area contributed by atoms with E-state index in [1.54, 1.807) is 0 Å². The second-order valence-electron chi connectivity index (χ2n) is 3.37. The van der Waals surface area contributed by atoms with E-state index in [4.69, 9.17) is 5.73 Å². The lowest BCUT2D eigenvalue weighted by molar-refractivity contribution is -0.137. The van der Waals surface area contributed by atoms with E-state index in [0.717, 1.165) is 19.3 Å². The minimum Gasteiger partial charge on any atom is -0.330 e. The maximum Gasteiger partial charge on any atom is 0.345 e. The van der Waals surface area contributed by atoms with Gasteiger partial charge in [0, 0.05) is 0 Å². The summed E-state index contributed by atoms with van der Waals surface area (Å²) in [6, 6.07) is 0. The highest BCUT2D eigenvalue weighted by Gasteiger charge is 2.24. The smallest absolute Gasteiger partial charge is 0.330 e. The van der Waals surface area contributed by atoms with Crippen LogP contribution in [0.2, 0.25) is 0 Å². The van der Waals surface area contributed by atoms with Crippen LogP contribution in [0.5, 0.6) is 0 Å². The van der Waals surface area contributed by atoms with Crippen LogP contribution < -0.4 is 5.73 Å². The summed E-state index contributed by atoms with van der Waals surface area (Å²) in [6.07, 6.45) is 2.99. The van der Waals surface area contributed by atoms with Gasteiger partial charge in [0.2, 0.25) is 0 Å². The Morgan fingerprint density at radius 1 is 1.33 bits per heavy atom. The highest BCUT2D eigenvalue weighted by molar-refractivity contribution is 4.75. The third-order valence-electron chi connectivity index (χ3n) is 2.44. The van der Waals surface area contributed by atoms with Crippen LogP contribution in [0, 0.1) is 11.8 Å². The van der Waals surface area contributed by atoms with Crippen molar-refractivity contribution in [3.63, 3.8) is 0 Å². The van der Waals surface area contributed by atoms with Gasteiger partial charge in [-0.05, 0) is 37.6 Å². The Morgan fingerprint density at radius 2 is 2.00 bits per heavy atom. The van der Waals surface area contributed by atoms with Gasteiger partial charge in [-0.25, -0.2) is 0 Å². The van der Waals surface area contributed by atoms with Crippen molar-refractivity contribution >= 4 is 0 Å². The molecule has 0 amide bonds. The Labute approximate surface area is 71.1 Å². The Hall–Kier alpha value is -0.220. The molecule has 1 saturated carbocycles. The van der Waals surface area contributed by atoms with Crippen LogP contribution in [0.25, 0.3) is 0 Å². The topological polar surface area (TPSA) is 35.2 Å². The molecular formula is C8H15F2NO. The van der Waals surface area contributed by atoms with Crippen LogP contribution in [0.3, 0.4) is 0 Å². The zero-order valence-electron chi connectivity index (χ0n) is 7.01. The van der Waals surface area contributed by atoms with Gasteiger partial charge in [0.15, 0.2) is 0 Å². The minimum atomic E-state index is -2.62. The van der Waals surface area contributed by atoms with Crippen LogP contribution in [-0.2, 0) is 4.74 Å². The van der Waals surface area contributed by atoms with Gasteiger partial charge in [-0.3, -0.25) is 0 Å². The van der Waals surface area contributed by atoms with Gasteiger partial charge in [-0.2, -0.15) is 8.78 Å². The molecule has 0 bridgehead atoms. The van der Waals surface area contributed by atoms with Gasteiger partial charge in [0.1, 0.15) is 0 Å². The lowest BCUT2D eigenvalue weighted by Gasteiger charge is -2.09. The maximum absolute atomic E-state index is 11.6. The molecule has 1 fully saturated rings. The Kier molecular flexibility index (Phi) is 3.88. The van der Waals surface area contributed by atoms with Crippen LogP contribution >= 0.6 is 0 Å². The highest BCUT2D eigenvalue weighted by atomic mass is 19.3. The molecule has 0 heterocycles. The van der Waals surface area contributed by atoms with Gasteiger partial charge in [0.05, 0.1) is 6.61 Å². The van der Waals surface area contributed by atoms with E-state index in [1.807, 2.05) is 0 Å². The average Bonchev–Trinajstić information content (AvgIpc) is 2.48. The first-order valence-corrected chi connectivity index (χ1v) is 4.32. The summed E-state index contributed by atoms with van der Waals surface area (Å²) in [5, 5.41) is 0. The van der Waals surface area contributed by atoms with E-state index in [9.17, 15) is 8.78 Å². The molecule has 2 nitrogen and oxygen atoms in total. The molecule has 0 spiro atoms. The molecule has 12 heavy (non-hydrogen) atoms. The number of ether oxygens (including phenoxy) is 1. The van der Waals surface area contributed by atoms with Gasteiger partial charge >= 0.3 is 6.61 Å². The first-order chi connectivity index (χ1) is 5.72. The molecule has 2 N–H and O–H groups in total. The normalized spacial score (nSPS) is 30.0. The van der Waals surface area contributed by atoms with E-state index >= 15 is 0 Å². The van der Waals surface area contributed by atoms with Crippen molar-refractivity contribution in [2.24, 2.45) is 17.6 Å². The largest absolute Gasteiger partial charge is 0.345 e. The molecule has 72 valence electrons. The third kappa shape index (κ3) is 3.03. The first kappa shape index (κ1) is 9.86. The summed E-state index contributed by atoms with van der Waals surface area (Å²) in [6.45, 7) is -1.76. The molecule has 2 unspecified atom stereocenters. The Balaban J connectivity index is 2.11. The number of halogens is 2. The third-order valence-corrected chi connectivity index (χ3v) is 2.44. The van der Waals surface area contributed by atoms with Crippen LogP contribution in [0.15, 0.2) is 0 Å². The SMILES string of the molecule is NCC1CCC(COC(F)F)C1. The second-order valence-corrected chi connectivity index (χ2v) is 3.37. The number of hydrogen-bond donors (Lipinski definition) is 1. The molecule has 4 heteroatoms. The molecule has 1 aliphatic carbocycles. The molecule has 2 atom stereocenters. The van der Waals surface area contributed by atoms with Crippen molar-refractivity contribution < 1.29 is 13.5 Å². The van der Waals surface area contributed by atoms with Crippen molar-refractivity contribution in [3.8, 4) is 0 Å². The molecule has 1 rings (SSSR count). The standard InChI is InChI=1S/C8H15F2NO/c9-8(10)12-5-7-2-1-6(3-7)4-11/h6-8H,1-5,11H2. The van der Waals surface area contributed by atoms with Gasteiger partial charge in [-0.1, -0.05) is 0 Å². The zero-order valence-corrected chi connectivity index (χ0v) is 7.01. The molecule has 0 radical (unpaired) electrons. The number of alkyl halides is 2. The first-order valence-electron chi connectivity index (χ1n) is 4.32. The fraction of sp³-hybridized carbons (Fsp3) is 1.00. The maximum atomic E-state index is 11.6. The molecule has 0 aromatic heterocycles. The number of nitrogens with two attached hydrogens (primary N) is 1. The summed E-state index contributed by atoms with van der Waals surface area (Å²) in [4.78, 5) is 0. The molecular weight excluding hydrogens is 164 g/mol. The second kappa shape index (κ2) is 4.72. The summed E-state index contributed by atoms with van der Waals surface area (Å²) in [7, 11) is 0. The van der Waals surface area contributed by atoms with Crippen molar-refractivity contribution in [2.75, 3.05) is 13.2 Å². The van der Waals surface area contributed by atoms with E-state index in [2.05, 4.69) is 4.74 Å². The summed E-state index contributed by atoms with van der Waals surface area (Å²) in [5.74, 6) is 0.823. The quantitative estimate of drug-likeness (QED) is 0.711. The fourth-order valence-corrected chi connectivity index (χ4v) is 1.75. The molecule has 0 aromatic rings. The summed E-state index contributed by atoms with van der Waals surface area (Å²) >= 11 is 0. The molecule has 0 aromatic carbocycles. The predicted octanol–water partition coefficient (Wildman–Crippen LogP) is 1.60. The molecule has 0 aliphatic heterocycles. The van der Waals surface area contributed by atoms with Crippen LogP contribution in [0.1, 0.15) is 19.3 Å². The van der Waals surface area contributed by atoms with Crippen molar-refractivity contribution in [2.45, 2.75) is 25.9 Å². The van der Waals surface area contributed by atoms with Crippen LogP contribution in [-0.4, -0.2) is 19.8 Å². The predicted molar refractivity (Wildman–Crippen MR) is 41.8 cm³/mol. The highest BCUT2D eigenvalue weighted by Crippen LogP contribution is 2.30. The summed E-state index contributed by atoms with van der Waals surface area (Å²) < 4.78 is 27.5. The minimum absolute atomic E-state index is 0.189. The van der Waals surface area contributed by atoms with E-state index in [-0.39, 0.29) is 6.61 Å². The Bertz CT molecular complexity index is 132. The number of rotatable bonds is 4.